The van der Waals surface area contributed by atoms with E-state index in [-0.39, 0.29) is 0 Å². The molecule has 2 heterocycles. The van der Waals surface area contributed by atoms with Gasteiger partial charge in [0.15, 0.2) is 10.3 Å². The van der Waals surface area contributed by atoms with E-state index in [1.165, 1.54) is 5.56 Å². The molecule has 0 spiro atoms. The van der Waals surface area contributed by atoms with E-state index in [1.807, 2.05) is 6.92 Å². The molecule has 2 rings (SSSR count). The lowest BCUT2D eigenvalue weighted by Crippen LogP contribution is -1.96. The largest absolute Gasteiger partial charge is 0.356 e. The Morgan fingerprint density at radius 2 is 1.81 bits per heavy atom. The Morgan fingerprint density at radius 3 is 2.44 bits per heavy atom. The lowest BCUT2D eigenvalue weighted by atomic mass is 10.0. The third kappa shape index (κ3) is 1.89. The average molecular weight is 258 g/mol. The Kier molecular flexibility index (Phi) is 3.08. The molecule has 16 heavy (non-hydrogen) atoms. The molecule has 0 aliphatic rings. The van der Waals surface area contributed by atoms with Gasteiger partial charge in [0.25, 0.3) is 0 Å². The van der Waals surface area contributed by atoms with Crippen LogP contribution in [0.2, 0.25) is 10.3 Å². The lowest BCUT2D eigenvalue weighted by molar-refractivity contribution is 0.647. The van der Waals surface area contributed by atoms with Crippen LogP contribution in [0.1, 0.15) is 25.1 Å². The van der Waals surface area contributed by atoms with Gasteiger partial charge in [-0.05, 0) is 24.8 Å². The number of aryl methyl sites for hydroxylation is 1. The molecular formula is C11H13Cl2N3. The minimum Gasteiger partial charge on any atom is -0.356 e. The van der Waals surface area contributed by atoms with Gasteiger partial charge in [0.05, 0.1) is 5.52 Å². The fraction of sp³-hybridized carbons (Fsp3) is 0.455. The van der Waals surface area contributed by atoms with Gasteiger partial charge in [0.1, 0.15) is 0 Å². The van der Waals surface area contributed by atoms with Crippen LogP contribution in [0.5, 0.6) is 0 Å². The molecule has 0 aromatic carbocycles. The number of H-pyrrole nitrogens is 1. The summed E-state index contributed by atoms with van der Waals surface area (Å²) in [6.07, 6.45) is 0.952. The van der Waals surface area contributed by atoms with Gasteiger partial charge < -0.3 is 4.98 Å². The van der Waals surface area contributed by atoms with Crippen LogP contribution < -0.4 is 0 Å². The smallest absolute Gasteiger partial charge is 0.175 e. The maximum absolute atomic E-state index is 6.08. The van der Waals surface area contributed by atoms with Crippen molar-refractivity contribution in [2.24, 2.45) is 5.92 Å². The van der Waals surface area contributed by atoms with Gasteiger partial charge in [-0.3, -0.25) is 0 Å². The molecule has 1 N–H and O–H groups in total. The zero-order chi connectivity index (χ0) is 11.9. The van der Waals surface area contributed by atoms with Crippen LogP contribution in [0.3, 0.4) is 0 Å². The van der Waals surface area contributed by atoms with Crippen LogP contribution in [0.4, 0.5) is 0 Å². The summed E-state index contributed by atoms with van der Waals surface area (Å²) in [5.41, 5.74) is 3.06. The minimum absolute atomic E-state index is 0.373. The number of hydrogen-bond donors (Lipinski definition) is 1. The first-order valence-corrected chi connectivity index (χ1v) is 5.95. The highest BCUT2D eigenvalue weighted by Crippen LogP contribution is 2.32. The van der Waals surface area contributed by atoms with Crippen LogP contribution in [0.15, 0.2) is 0 Å². The van der Waals surface area contributed by atoms with E-state index in [2.05, 4.69) is 29.0 Å². The average Bonchev–Trinajstić information content (AvgIpc) is 2.51. The summed E-state index contributed by atoms with van der Waals surface area (Å²) in [5.74, 6) is 0.556. The Labute approximate surface area is 104 Å². The molecule has 0 amide bonds. The molecule has 2 aromatic rings. The molecule has 0 bridgehead atoms. The molecular weight excluding hydrogens is 245 g/mol. The van der Waals surface area contributed by atoms with Crippen molar-refractivity contribution in [3.8, 4) is 0 Å². The van der Waals surface area contributed by atoms with Crippen molar-refractivity contribution in [3.63, 3.8) is 0 Å². The molecule has 0 radical (unpaired) electrons. The highest BCUT2D eigenvalue weighted by molar-refractivity contribution is 6.38. The molecule has 86 valence electrons. The highest BCUT2D eigenvalue weighted by Gasteiger charge is 2.16. The van der Waals surface area contributed by atoms with Gasteiger partial charge in [-0.1, -0.05) is 37.0 Å². The van der Waals surface area contributed by atoms with Crippen molar-refractivity contribution in [1.82, 2.24) is 15.2 Å². The summed E-state index contributed by atoms with van der Waals surface area (Å²) in [6, 6.07) is 0. The quantitative estimate of drug-likeness (QED) is 0.890. The zero-order valence-electron chi connectivity index (χ0n) is 9.43. The Morgan fingerprint density at radius 1 is 1.19 bits per heavy atom. The molecule has 0 atom stereocenters. The summed E-state index contributed by atoms with van der Waals surface area (Å²) in [5, 5.41) is 9.34. The van der Waals surface area contributed by atoms with Crippen molar-refractivity contribution in [3.05, 3.63) is 21.6 Å². The maximum Gasteiger partial charge on any atom is 0.175 e. The first-order chi connectivity index (χ1) is 7.50. The molecule has 0 saturated carbocycles. The number of aromatic nitrogens is 3. The van der Waals surface area contributed by atoms with Crippen molar-refractivity contribution < 1.29 is 0 Å². The van der Waals surface area contributed by atoms with Crippen molar-refractivity contribution in [2.45, 2.75) is 27.2 Å². The Hall–Kier alpha value is -0.800. The predicted octanol–water partition coefficient (Wildman–Crippen LogP) is 3.77. The number of rotatable bonds is 2. The standard InChI is InChI=1S/C11H13Cl2N3/c1-5(2)4-7-6(3)14-9-8(7)10(12)15-16-11(9)13/h5,14H,4H2,1-3H3. The Bertz CT molecular complexity index is 531. The van der Waals surface area contributed by atoms with Gasteiger partial charge >= 0.3 is 0 Å². The number of nitrogens with one attached hydrogen (secondary N) is 1. The van der Waals surface area contributed by atoms with Gasteiger partial charge in [-0.2, -0.15) is 0 Å². The molecule has 0 unspecified atom stereocenters. The lowest BCUT2D eigenvalue weighted by Gasteiger charge is -2.05. The van der Waals surface area contributed by atoms with E-state index in [4.69, 9.17) is 23.2 Å². The number of hydrogen-bond acceptors (Lipinski definition) is 2. The Balaban J connectivity index is 2.72. The summed E-state index contributed by atoms with van der Waals surface area (Å²) >= 11 is 12.1. The first kappa shape index (κ1) is 11.7. The van der Waals surface area contributed by atoms with E-state index in [0.717, 1.165) is 23.0 Å². The van der Waals surface area contributed by atoms with E-state index in [9.17, 15) is 0 Å². The second-order valence-corrected chi connectivity index (χ2v) is 5.07. The third-order valence-corrected chi connectivity index (χ3v) is 3.10. The molecule has 0 saturated heterocycles. The summed E-state index contributed by atoms with van der Waals surface area (Å²) in [4.78, 5) is 3.22. The molecule has 0 fully saturated rings. The van der Waals surface area contributed by atoms with Crippen molar-refractivity contribution >= 4 is 34.1 Å². The SMILES string of the molecule is Cc1[nH]c2c(Cl)nnc(Cl)c2c1CC(C)C. The summed E-state index contributed by atoms with van der Waals surface area (Å²) in [7, 11) is 0. The van der Waals surface area contributed by atoms with Gasteiger partial charge in [-0.25, -0.2) is 0 Å². The topological polar surface area (TPSA) is 41.6 Å². The van der Waals surface area contributed by atoms with Gasteiger partial charge in [0, 0.05) is 11.1 Å². The third-order valence-electron chi connectivity index (χ3n) is 2.57. The van der Waals surface area contributed by atoms with Crippen LogP contribution in [-0.4, -0.2) is 15.2 Å². The zero-order valence-corrected chi connectivity index (χ0v) is 10.9. The van der Waals surface area contributed by atoms with E-state index in [0.29, 0.717) is 16.2 Å². The maximum atomic E-state index is 6.08. The molecule has 0 aliphatic carbocycles. The monoisotopic (exact) mass is 257 g/mol. The number of fused-ring (bicyclic) bond motifs is 1. The second-order valence-electron chi connectivity index (χ2n) is 4.36. The second kappa shape index (κ2) is 4.22. The van der Waals surface area contributed by atoms with Crippen LogP contribution in [-0.2, 0) is 6.42 Å². The molecule has 2 aromatic heterocycles. The molecule has 3 nitrogen and oxygen atoms in total. The normalized spacial score (nSPS) is 11.6. The number of halogens is 2. The van der Waals surface area contributed by atoms with Crippen LogP contribution in [0, 0.1) is 12.8 Å². The first-order valence-electron chi connectivity index (χ1n) is 5.19. The highest BCUT2D eigenvalue weighted by atomic mass is 35.5. The predicted molar refractivity (Wildman–Crippen MR) is 67.2 cm³/mol. The fourth-order valence-corrected chi connectivity index (χ4v) is 2.32. The number of nitrogens with zero attached hydrogens (tertiary/aromatic N) is 2. The van der Waals surface area contributed by atoms with Gasteiger partial charge in [0.2, 0.25) is 0 Å². The van der Waals surface area contributed by atoms with E-state index < -0.39 is 0 Å². The van der Waals surface area contributed by atoms with Gasteiger partial charge in [-0.15, -0.1) is 10.2 Å². The molecule has 5 heteroatoms. The van der Waals surface area contributed by atoms with E-state index >= 15 is 0 Å². The van der Waals surface area contributed by atoms with Crippen molar-refractivity contribution in [2.75, 3.05) is 0 Å². The summed E-state index contributed by atoms with van der Waals surface area (Å²) < 4.78 is 0. The van der Waals surface area contributed by atoms with E-state index in [1.54, 1.807) is 0 Å². The van der Waals surface area contributed by atoms with Crippen LogP contribution >= 0.6 is 23.2 Å². The minimum atomic E-state index is 0.373. The molecule has 0 aliphatic heterocycles. The fourth-order valence-electron chi connectivity index (χ4n) is 1.90. The number of aromatic amines is 1. The van der Waals surface area contributed by atoms with Crippen molar-refractivity contribution in [1.29, 1.82) is 0 Å². The summed E-state index contributed by atoms with van der Waals surface area (Å²) in [6.45, 7) is 6.36. The van der Waals surface area contributed by atoms with Crippen LogP contribution in [0.25, 0.3) is 10.9 Å².